The smallest absolute Gasteiger partial charge is 0.205 e. The van der Waals surface area contributed by atoms with Crippen LogP contribution in [-0.2, 0) is 4.84 Å². The van der Waals surface area contributed by atoms with E-state index in [0.29, 0.717) is 11.5 Å². The Labute approximate surface area is 128 Å². The van der Waals surface area contributed by atoms with Crippen LogP contribution in [0.1, 0.15) is 19.4 Å². The fourth-order valence-electron chi connectivity index (χ4n) is 2.53. The van der Waals surface area contributed by atoms with Crippen molar-refractivity contribution in [1.82, 2.24) is 10.8 Å². The predicted molar refractivity (Wildman–Crippen MR) is 82.3 cm³/mol. The van der Waals surface area contributed by atoms with Crippen LogP contribution in [0.25, 0.3) is 0 Å². The van der Waals surface area contributed by atoms with Gasteiger partial charge in [0, 0.05) is 31.7 Å². The third-order valence-corrected chi connectivity index (χ3v) is 3.80. The van der Waals surface area contributed by atoms with E-state index in [4.69, 9.17) is 4.84 Å². The summed E-state index contributed by atoms with van der Waals surface area (Å²) >= 11 is 0. The van der Waals surface area contributed by atoms with Gasteiger partial charge >= 0.3 is 0 Å². The normalized spacial score (nSPS) is 22.5. The van der Waals surface area contributed by atoms with Crippen molar-refractivity contribution in [2.45, 2.75) is 25.7 Å². The number of piperazine rings is 1. The van der Waals surface area contributed by atoms with Crippen molar-refractivity contribution >= 4 is 11.5 Å². The molecule has 3 rings (SSSR count). The molecule has 2 aliphatic heterocycles. The number of benzene rings is 1. The highest BCUT2D eigenvalue weighted by Crippen LogP contribution is 2.24. The first-order chi connectivity index (χ1) is 10.4. The van der Waals surface area contributed by atoms with Crippen LogP contribution in [0.15, 0.2) is 23.2 Å². The van der Waals surface area contributed by atoms with Gasteiger partial charge in [0.1, 0.15) is 11.4 Å². The number of aliphatic imine (C=N–C) groups is 1. The van der Waals surface area contributed by atoms with E-state index >= 15 is 0 Å². The molecule has 0 amide bonds. The molecule has 1 saturated heterocycles. The molecular formula is C15H21FN4O2. The summed E-state index contributed by atoms with van der Waals surface area (Å²) in [6.45, 7) is 6.47. The monoisotopic (exact) mass is 308 g/mol. The molecule has 22 heavy (non-hydrogen) atoms. The number of halogens is 1. The lowest BCUT2D eigenvalue weighted by atomic mass is 10.1. The number of hydrogen-bond donors (Lipinski definition) is 3. The number of hydroxylamine groups is 1. The highest BCUT2D eigenvalue weighted by molar-refractivity contribution is 5.99. The molecular weight excluding hydrogens is 287 g/mol. The zero-order chi connectivity index (χ0) is 15.7. The van der Waals surface area contributed by atoms with E-state index in [1.165, 1.54) is 6.07 Å². The minimum atomic E-state index is -1.09. The second kappa shape index (κ2) is 5.83. The number of aliphatic hydroxyl groups is 1. The number of hydrogen-bond acceptors (Lipinski definition) is 6. The second-order valence-corrected chi connectivity index (χ2v) is 6.11. The van der Waals surface area contributed by atoms with E-state index in [1.807, 2.05) is 4.90 Å². The molecule has 0 saturated carbocycles. The van der Waals surface area contributed by atoms with Gasteiger partial charge in [-0.3, -0.25) is 0 Å². The molecule has 2 heterocycles. The Bertz CT molecular complexity index is 579. The van der Waals surface area contributed by atoms with E-state index in [0.717, 1.165) is 31.7 Å². The Balaban J connectivity index is 1.86. The Hall–Kier alpha value is -1.70. The van der Waals surface area contributed by atoms with Crippen LogP contribution in [0.3, 0.4) is 0 Å². The molecule has 0 radical (unpaired) electrons. The number of rotatable bonds is 3. The van der Waals surface area contributed by atoms with Gasteiger partial charge in [0.2, 0.25) is 6.23 Å². The maximum Gasteiger partial charge on any atom is 0.205 e. The molecule has 1 fully saturated rings. The molecule has 2 aliphatic rings. The minimum Gasteiger partial charge on any atom is -0.386 e. The molecule has 1 atom stereocenters. The number of anilines is 1. The third-order valence-electron chi connectivity index (χ3n) is 3.80. The first kappa shape index (κ1) is 15.2. The highest BCUT2D eigenvalue weighted by atomic mass is 19.1. The lowest BCUT2D eigenvalue weighted by molar-refractivity contribution is -0.0912. The summed E-state index contributed by atoms with van der Waals surface area (Å²) in [6, 6.07) is 4.86. The van der Waals surface area contributed by atoms with Crippen molar-refractivity contribution in [2.75, 3.05) is 31.1 Å². The summed E-state index contributed by atoms with van der Waals surface area (Å²) < 4.78 is 14.1. The van der Waals surface area contributed by atoms with E-state index in [-0.39, 0.29) is 5.82 Å². The average molecular weight is 308 g/mol. The molecule has 0 bridgehead atoms. The largest absolute Gasteiger partial charge is 0.386 e. The van der Waals surface area contributed by atoms with Gasteiger partial charge in [0.25, 0.3) is 0 Å². The Morgan fingerprint density at radius 2 is 2.09 bits per heavy atom. The number of nitrogens with zero attached hydrogens (tertiary/aromatic N) is 2. The third kappa shape index (κ3) is 3.06. The molecule has 0 aromatic heterocycles. The standard InChI is InChI=1S/C15H21FN4O2/c1-15(2,21)14-18-13(19-22-14)10-3-4-11(16)12(9-10)20-7-5-17-6-8-20/h3-4,9,14,17,21H,5-8H2,1-2H3,(H,18,19). The van der Waals surface area contributed by atoms with Crippen LogP contribution < -0.4 is 15.7 Å². The summed E-state index contributed by atoms with van der Waals surface area (Å²) in [5.74, 6) is 0.257. The second-order valence-electron chi connectivity index (χ2n) is 6.11. The van der Waals surface area contributed by atoms with E-state index in [1.54, 1.807) is 26.0 Å². The van der Waals surface area contributed by atoms with Crippen molar-refractivity contribution in [3.63, 3.8) is 0 Å². The van der Waals surface area contributed by atoms with Crippen LogP contribution in [0.2, 0.25) is 0 Å². The van der Waals surface area contributed by atoms with Crippen LogP contribution in [0.5, 0.6) is 0 Å². The zero-order valence-corrected chi connectivity index (χ0v) is 12.8. The minimum absolute atomic E-state index is 0.246. The Morgan fingerprint density at radius 1 is 1.36 bits per heavy atom. The molecule has 0 aliphatic carbocycles. The zero-order valence-electron chi connectivity index (χ0n) is 12.8. The van der Waals surface area contributed by atoms with Gasteiger partial charge in [0.05, 0.1) is 5.69 Å². The van der Waals surface area contributed by atoms with Crippen LogP contribution in [-0.4, -0.2) is 49.0 Å². The summed E-state index contributed by atoms with van der Waals surface area (Å²) in [5.41, 5.74) is 2.93. The van der Waals surface area contributed by atoms with E-state index in [9.17, 15) is 9.50 Å². The quantitative estimate of drug-likeness (QED) is 0.763. The molecule has 1 aromatic rings. The van der Waals surface area contributed by atoms with Gasteiger partial charge in [-0.05, 0) is 32.0 Å². The Morgan fingerprint density at radius 3 is 2.73 bits per heavy atom. The van der Waals surface area contributed by atoms with Crippen molar-refractivity contribution in [2.24, 2.45) is 4.99 Å². The molecule has 1 aromatic carbocycles. The van der Waals surface area contributed by atoms with Crippen molar-refractivity contribution in [3.8, 4) is 0 Å². The van der Waals surface area contributed by atoms with Gasteiger partial charge in [-0.2, -0.15) is 0 Å². The van der Waals surface area contributed by atoms with Gasteiger partial charge in [-0.25, -0.2) is 19.7 Å². The maximum absolute atomic E-state index is 14.1. The SMILES string of the molecule is CC(C)(O)C1N=C(c2ccc(F)c(N3CCNCC3)c2)NO1. The maximum atomic E-state index is 14.1. The number of amidine groups is 1. The first-order valence-electron chi connectivity index (χ1n) is 7.42. The van der Waals surface area contributed by atoms with Gasteiger partial charge < -0.3 is 15.3 Å². The summed E-state index contributed by atoms with van der Waals surface area (Å²) in [5, 5.41) is 13.2. The molecule has 6 nitrogen and oxygen atoms in total. The van der Waals surface area contributed by atoms with Crippen LogP contribution in [0, 0.1) is 5.82 Å². The van der Waals surface area contributed by atoms with Gasteiger partial charge in [0.15, 0.2) is 5.84 Å². The summed E-state index contributed by atoms with van der Waals surface area (Å²) in [4.78, 5) is 11.6. The molecule has 7 heteroatoms. The predicted octanol–water partition coefficient (Wildman–Crippen LogP) is 0.614. The fourth-order valence-corrected chi connectivity index (χ4v) is 2.53. The fraction of sp³-hybridized carbons (Fsp3) is 0.533. The topological polar surface area (TPSA) is 69.1 Å². The van der Waals surface area contributed by atoms with Crippen molar-refractivity contribution in [1.29, 1.82) is 0 Å². The molecule has 120 valence electrons. The van der Waals surface area contributed by atoms with Gasteiger partial charge in [-0.1, -0.05) is 0 Å². The first-order valence-corrected chi connectivity index (χ1v) is 7.42. The molecule has 3 N–H and O–H groups in total. The lowest BCUT2D eigenvalue weighted by Crippen LogP contribution is -2.44. The van der Waals surface area contributed by atoms with Crippen molar-refractivity contribution in [3.05, 3.63) is 29.6 Å². The Kier molecular flexibility index (Phi) is 4.03. The van der Waals surface area contributed by atoms with Gasteiger partial charge in [-0.15, -0.1) is 0 Å². The van der Waals surface area contributed by atoms with E-state index < -0.39 is 11.8 Å². The van der Waals surface area contributed by atoms with E-state index in [2.05, 4.69) is 15.8 Å². The summed E-state index contributed by atoms with van der Waals surface area (Å²) in [6.07, 6.45) is -0.685. The highest BCUT2D eigenvalue weighted by Gasteiger charge is 2.33. The lowest BCUT2D eigenvalue weighted by Gasteiger charge is -2.30. The van der Waals surface area contributed by atoms with Crippen LogP contribution in [0.4, 0.5) is 10.1 Å². The average Bonchev–Trinajstić information content (AvgIpc) is 2.99. The van der Waals surface area contributed by atoms with Crippen LogP contribution >= 0.6 is 0 Å². The molecule has 1 unspecified atom stereocenters. The molecule has 0 spiro atoms. The number of nitrogens with one attached hydrogen (secondary N) is 2. The summed E-state index contributed by atoms with van der Waals surface area (Å²) in [7, 11) is 0. The van der Waals surface area contributed by atoms with Crippen molar-refractivity contribution < 1.29 is 14.3 Å².